The van der Waals surface area contributed by atoms with Gasteiger partial charge in [-0.15, -0.1) is 0 Å². The summed E-state index contributed by atoms with van der Waals surface area (Å²) in [7, 11) is 0. The highest BCUT2D eigenvalue weighted by molar-refractivity contribution is 9.08. The van der Waals surface area contributed by atoms with Crippen LogP contribution in [0.2, 0.25) is 5.15 Å². The Bertz CT molecular complexity index is 254. The molecule has 1 aromatic heterocycles. The van der Waals surface area contributed by atoms with E-state index in [1.165, 1.54) is 0 Å². The lowest BCUT2D eigenvalue weighted by molar-refractivity contribution is 0.281. The Morgan fingerprint density at radius 2 is 2.36 bits per heavy atom. The van der Waals surface area contributed by atoms with E-state index < -0.39 is 0 Å². The summed E-state index contributed by atoms with van der Waals surface area (Å²) in [4.78, 5) is 3.90. The van der Waals surface area contributed by atoms with Crippen molar-refractivity contribution in [1.29, 1.82) is 0 Å². The van der Waals surface area contributed by atoms with Gasteiger partial charge in [0.2, 0.25) is 0 Å². The molecule has 1 heterocycles. The van der Waals surface area contributed by atoms with Crippen LogP contribution in [0.4, 0.5) is 0 Å². The highest BCUT2D eigenvalue weighted by Crippen LogP contribution is 2.15. The second-order valence-electron chi connectivity index (χ2n) is 2.09. The van der Waals surface area contributed by atoms with Gasteiger partial charge in [0.15, 0.2) is 0 Å². The van der Waals surface area contributed by atoms with Gasteiger partial charge in [0.05, 0.1) is 6.61 Å². The minimum Gasteiger partial charge on any atom is -0.392 e. The maximum Gasteiger partial charge on any atom is 0.134 e. The fourth-order valence-electron chi connectivity index (χ4n) is 0.727. The first-order valence-corrected chi connectivity index (χ1v) is 4.58. The molecule has 0 aliphatic rings. The smallest absolute Gasteiger partial charge is 0.134 e. The zero-order valence-electron chi connectivity index (χ0n) is 5.72. The molecule has 0 saturated carbocycles. The number of alkyl halides is 1. The summed E-state index contributed by atoms with van der Waals surface area (Å²) >= 11 is 8.95. The Labute approximate surface area is 78.3 Å². The molecule has 60 valence electrons. The van der Waals surface area contributed by atoms with Crippen molar-refractivity contribution in [1.82, 2.24) is 4.98 Å². The normalized spacial score (nSPS) is 10.1. The fourth-order valence-corrected chi connectivity index (χ4v) is 1.20. The van der Waals surface area contributed by atoms with Gasteiger partial charge in [0.25, 0.3) is 0 Å². The molecule has 1 aromatic rings. The highest BCUT2D eigenvalue weighted by atomic mass is 79.9. The van der Waals surface area contributed by atoms with Gasteiger partial charge in [-0.1, -0.05) is 27.5 Å². The van der Waals surface area contributed by atoms with E-state index in [4.69, 9.17) is 16.7 Å². The van der Waals surface area contributed by atoms with Gasteiger partial charge in [-0.3, -0.25) is 0 Å². The summed E-state index contributed by atoms with van der Waals surface area (Å²) in [5.41, 5.74) is 1.68. The Balaban J connectivity index is 3.02. The highest BCUT2D eigenvalue weighted by Gasteiger charge is 2.00. The summed E-state index contributed by atoms with van der Waals surface area (Å²) in [5, 5.41) is 9.90. The van der Waals surface area contributed by atoms with E-state index in [2.05, 4.69) is 20.9 Å². The molecule has 0 atom stereocenters. The van der Waals surface area contributed by atoms with Crippen LogP contribution < -0.4 is 0 Å². The number of halogens is 2. The predicted molar refractivity (Wildman–Crippen MR) is 47.8 cm³/mol. The van der Waals surface area contributed by atoms with Crippen LogP contribution >= 0.6 is 27.5 Å². The van der Waals surface area contributed by atoms with Crippen molar-refractivity contribution < 1.29 is 5.11 Å². The first-order valence-electron chi connectivity index (χ1n) is 3.08. The first-order chi connectivity index (χ1) is 5.27. The molecule has 2 nitrogen and oxygen atoms in total. The molecule has 0 aliphatic carbocycles. The van der Waals surface area contributed by atoms with Crippen LogP contribution in [0.15, 0.2) is 12.3 Å². The molecule has 0 aromatic carbocycles. The lowest BCUT2D eigenvalue weighted by atomic mass is 10.2. The van der Waals surface area contributed by atoms with Gasteiger partial charge in [0, 0.05) is 17.1 Å². The van der Waals surface area contributed by atoms with E-state index >= 15 is 0 Å². The molecular weight excluding hydrogens is 229 g/mol. The predicted octanol–water partition coefficient (Wildman–Crippen LogP) is 2.12. The lowest BCUT2D eigenvalue weighted by Gasteiger charge is -2.00. The van der Waals surface area contributed by atoms with E-state index in [0.29, 0.717) is 10.7 Å². The number of aliphatic hydroxyl groups is 1. The Morgan fingerprint density at radius 1 is 1.64 bits per heavy atom. The first kappa shape index (κ1) is 8.97. The van der Waals surface area contributed by atoms with Gasteiger partial charge >= 0.3 is 0 Å². The largest absolute Gasteiger partial charge is 0.392 e. The third-order valence-electron chi connectivity index (χ3n) is 1.29. The molecule has 4 heteroatoms. The molecule has 0 saturated heterocycles. The summed E-state index contributed by atoms with van der Waals surface area (Å²) in [6.07, 6.45) is 1.68. The fraction of sp³-hybridized carbons (Fsp3) is 0.286. The SMILES string of the molecule is OCc1cc(CBr)cnc1Cl. The monoisotopic (exact) mass is 235 g/mol. The summed E-state index contributed by atoms with van der Waals surface area (Å²) in [5.74, 6) is 0. The topological polar surface area (TPSA) is 33.1 Å². The summed E-state index contributed by atoms with van der Waals surface area (Å²) < 4.78 is 0. The molecule has 1 rings (SSSR count). The Morgan fingerprint density at radius 3 is 2.91 bits per heavy atom. The number of hydrogen-bond donors (Lipinski definition) is 1. The average Bonchev–Trinajstić information content (AvgIpc) is 2.05. The van der Waals surface area contributed by atoms with Crippen LogP contribution in [0.25, 0.3) is 0 Å². The van der Waals surface area contributed by atoms with Crippen molar-refractivity contribution in [3.8, 4) is 0 Å². The molecular formula is C7H7BrClNO. The van der Waals surface area contributed by atoms with Crippen molar-refractivity contribution in [2.24, 2.45) is 0 Å². The lowest BCUT2D eigenvalue weighted by Crippen LogP contribution is -1.90. The third-order valence-corrected chi connectivity index (χ3v) is 2.28. The van der Waals surface area contributed by atoms with Crippen molar-refractivity contribution in [2.45, 2.75) is 11.9 Å². The van der Waals surface area contributed by atoms with Crippen molar-refractivity contribution in [2.75, 3.05) is 0 Å². The van der Waals surface area contributed by atoms with Crippen LogP contribution in [0, 0.1) is 0 Å². The van der Waals surface area contributed by atoms with Crippen LogP contribution in [0.5, 0.6) is 0 Å². The number of rotatable bonds is 2. The molecule has 0 radical (unpaired) electrons. The molecule has 0 fully saturated rings. The molecule has 1 N–H and O–H groups in total. The second kappa shape index (κ2) is 4.04. The molecule has 0 spiro atoms. The van der Waals surface area contributed by atoms with Gasteiger partial charge in [0.1, 0.15) is 5.15 Å². The van der Waals surface area contributed by atoms with Crippen LogP contribution in [0.1, 0.15) is 11.1 Å². The van der Waals surface area contributed by atoms with Crippen molar-refractivity contribution in [3.63, 3.8) is 0 Å². The molecule has 0 amide bonds. The van der Waals surface area contributed by atoms with Gasteiger partial charge in [-0.05, 0) is 11.6 Å². The number of hydrogen-bond acceptors (Lipinski definition) is 2. The quantitative estimate of drug-likeness (QED) is 0.630. The molecule has 0 aliphatic heterocycles. The van der Waals surface area contributed by atoms with Gasteiger partial charge in [-0.25, -0.2) is 4.98 Å². The Hall–Kier alpha value is -0.120. The number of aliphatic hydroxyl groups excluding tert-OH is 1. The standard InChI is InChI=1S/C7H7BrClNO/c8-2-5-1-6(4-11)7(9)10-3-5/h1,3,11H,2,4H2. The molecule has 0 bridgehead atoms. The van der Waals surface area contributed by atoms with Crippen LogP contribution in [-0.2, 0) is 11.9 Å². The zero-order valence-corrected chi connectivity index (χ0v) is 8.06. The van der Waals surface area contributed by atoms with Crippen LogP contribution in [0.3, 0.4) is 0 Å². The second-order valence-corrected chi connectivity index (χ2v) is 3.00. The van der Waals surface area contributed by atoms with E-state index in [1.807, 2.05) is 6.07 Å². The maximum atomic E-state index is 8.80. The van der Waals surface area contributed by atoms with Gasteiger partial charge < -0.3 is 5.11 Å². The van der Waals surface area contributed by atoms with Crippen LogP contribution in [-0.4, -0.2) is 10.1 Å². The number of pyridine rings is 1. The Kier molecular flexibility index (Phi) is 3.30. The molecule has 11 heavy (non-hydrogen) atoms. The average molecular weight is 236 g/mol. The van der Waals surface area contributed by atoms with Crippen molar-refractivity contribution >= 4 is 27.5 Å². The van der Waals surface area contributed by atoms with E-state index in [-0.39, 0.29) is 6.61 Å². The summed E-state index contributed by atoms with van der Waals surface area (Å²) in [6, 6.07) is 1.82. The van der Waals surface area contributed by atoms with E-state index in [9.17, 15) is 0 Å². The minimum absolute atomic E-state index is 0.0628. The maximum absolute atomic E-state index is 8.80. The summed E-state index contributed by atoms with van der Waals surface area (Å²) in [6.45, 7) is -0.0628. The van der Waals surface area contributed by atoms with Gasteiger partial charge in [-0.2, -0.15) is 0 Å². The minimum atomic E-state index is -0.0628. The zero-order chi connectivity index (χ0) is 8.27. The number of aromatic nitrogens is 1. The molecule has 0 unspecified atom stereocenters. The van der Waals surface area contributed by atoms with E-state index in [0.717, 1.165) is 10.9 Å². The third kappa shape index (κ3) is 2.15. The van der Waals surface area contributed by atoms with E-state index in [1.54, 1.807) is 6.20 Å². The van der Waals surface area contributed by atoms with Crippen molar-refractivity contribution in [3.05, 3.63) is 28.5 Å². The number of nitrogens with zero attached hydrogens (tertiary/aromatic N) is 1.